The molecular weight excluding hydrogens is 687 g/mol. The molecule has 0 fully saturated rings. The van der Waals surface area contributed by atoms with Crippen molar-refractivity contribution < 1.29 is 4.42 Å². The molecule has 0 aliphatic heterocycles. The van der Waals surface area contributed by atoms with Gasteiger partial charge >= 0.3 is 0 Å². The van der Waals surface area contributed by atoms with Gasteiger partial charge in [-0.25, -0.2) is 0 Å². The van der Waals surface area contributed by atoms with Crippen molar-refractivity contribution in [3.05, 3.63) is 175 Å². The summed E-state index contributed by atoms with van der Waals surface area (Å²) in [5.41, 5.74) is 10.7. The van der Waals surface area contributed by atoms with Gasteiger partial charge in [-0.2, -0.15) is 10.5 Å². The summed E-state index contributed by atoms with van der Waals surface area (Å²) in [6, 6.07) is 61.1. The van der Waals surface area contributed by atoms with Gasteiger partial charge in [-0.05, 0) is 72.8 Å². The molecule has 8 aromatic carbocycles. The highest BCUT2D eigenvalue weighted by Crippen LogP contribution is 2.43. The number of nitriles is 2. The average molecular weight is 714 g/mol. The van der Waals surface area contributed by atoms with Crippen molar-refractivity contribution in [3.8, 4) is 29.2 Å². The van der Waals surface area contributed by atoms with Gasteiger partial charge in [0.2, 0.25) is 0 Å². The minimum Gasteiger partial charge on any atom is -0.455 e. The fourth-order valence-electron chi connectivity index (χ4n) is 9.24. The first kappa shape index (κ1) is 30.4. The van der Waals surface area contributed by atoms with Crippen LogP contribution in [-0.2, 0) is 0 Å². The molecule has 6 heteroatoms. The third-order valence-electron chi connectivity index (χ3n) is 11.5. The second-order valence-corrected chi connectivity index (χ2v) is 14.3. The van der Waals surface area contributed by atoms with Crippen LogP contribution >= 0.6 is 0 Å². The Morgan fingerprint density at radius 3 is 1.64 bits per heavy atom. The SMILES string of the molecule is N#Cc1ccc(-n2c3ccccc3c3c4oc5ccccc5c4ccc32)c(C#N)c1-n1c2ccccc2c2cc(-n3c4ccccc4c4ccccc43)ccc21. The van der Waals surface area contributed by atoms with E-state index in [1.165, 1.54) is 10.8 Å². The molecule has 4 aromatic heterocycles. The van der Waals surface area contributed by atoms with Crippen LogP contribution in [0, 0.1) is 22.7 Å². The van der Waals surface area contributed by atoms with Crippen LogP contribution in [0.3, 0.4) is 0 Å². The molecule has 0 bridgehead atoms. The van der Waals surface area contributed by atoms with Gasteiger partial charge in [0.05, 0.1) is 55.4 Å². The Morgan fingerprint density at radius 2 is 0.964 bits per heavy atom. The highest BCUT2D eigenvalue weighted by molar-refractivity contribution is 6.24. The lowest BCUT2D eigenvalue weighted by Crippen LogP contribution is -2.06. The number of nitrogens with zero attached hydrogens (tertiary/aromatic N) is 5. The summed E-state index contributed by atoms with van der Waals surface area (Å²) in [7, 11) is 0. The minimum atomic E-state index is 0.408. The maximum absolute atomic E-state index is 11.2. The van der Waals surface area contributed by atoms with Gasteiger partial charge < -0.3 is 18.1 Å². The van der Waals surface area contributed by atoms with Crippen LogP contribution in [0.2, 0.25) is 0 Å². The minimum absolute atomic E-state index is 0.408. The molecule has 0 atom stereocenters. The Bertz CT molecular complexity index is 3690. The molecule has 12 aromatic rings. The maximum Gasteiger partial charge on any atom is 0.145 e. The number of furan rings is 1. The summed E-state index contributed by atoms with van der Waals surface area (Å²) in [5.74, 6) is 0. The molecule has 0 aliphatic rings. The lowest BCUT2D eigenvalue weighted by molar-refractivity contribution is 0.673. The highest BCUT2D eigenvalue weighted by Gasteiger charge is 2.25. The number of hydrogen-bond donors (Lipinski definition) is 0. The smallest absolute Gasteiger partial charge is 0.145 e. The van der Waals surface area contributed by atoms with Crippen LogP contribution in [0.5, 0.6) is 0 Å². The lowest BCUT2D eigenvalue weighted by atomic mass is 10.0. The third-order valence-corrected chi connectivity index (χ3v) is 11.5. The summed E-state index contributed by atoms with van der Waals surface area (Å²) in [6.07, 6.45) is 0. The van der Waals surface area contributed by atoms with E-state index in [-0.39, 0.29) is 0 Å². The molecule has 12 rings (SSSR count). The second-order valence-electron chi connectivity index (χ2n) is 14.3. The van der Waals surface area contributed by atoms with Gasteiger partial charge in [0, 0.05) is 43.4 Å². The zero-order valence-electron chi connectivity index (χ0n) is 29.7. The summed E-state index contributed by atoms with van der Waals surface area (Å²) in [4.78, 5) is 0. The Balaban J connectivity index is 1.16. The van der Waals surface area contributed by atoms with E-state index in [2.05, 4.69) is 135 Å². The van der Waals surface area contributed by atoms with E-state index in [4.69, 9.17) is 4.42 Å². The van der Waals surface area contributed by atoms with Crippen molar-refractivity contribution >= 4 is 87.4 Å². The lowest BCUT2D eigenvalue weighted by Gasteiger charge is -2.17. The Morgan fingerprint density at radius 1 is 0.411 bits per heavy atom. The van der Waals surface area contributed by atoms with Crippen LogP contribution in [0.4, 0.5) is 0 Å². The van der Waals surface area contributed by atoms with E-state index < -0.39 is 0 Å². The molecule has 0 saturated heterocycles. The summed E-state index contributed by atoms with van der Waals surface area (Å²) in [6.45, 7) is 0. The van der Waals surface area contributed by atoms with Crippen LogP contribution in [-0.4, -0.2) is 13.7 Å². The standard InChI is InChI=1S/C50H27N5O/c51-28-30-21-24-45(54-43-19-9-4-15-37(43)48-46(54)26-23-36-35-14-5-10-20-47(35)56-50(36)48)39(29-52)49(30)55-42-18-8-3-13-34(42)38-27-31(22-25-44(38)55)53-40-16-6-1-11-32(40)33-12-2-7-17-41(33)53/h1-27H. The quantitative estimate of drug-likeness (QED) is 0.183. The van der Waals surface area contributed by atoms with Crippen LogP contribution in [0.15, 0.2) is 168 Å². The van der Waals surface area contributed by atoms with E-state index in [9.17, 15) is 10.5 Å². The van der Waals surface area contributed by atoms with Gasteiger partial charge in [0.25, 0.3) is 0 Å². The molecule has 258 valence electrons. The molecule has 6 nitrogen and oxygen atoms in total. The second kappa shape index (κ2) is 11.2. The van der Waals surface area contributed by atoms with E-state index in [1.807, 2.05) is 54.6 Å². The molecule has 4 heterocycles. The van der Waals surface area contributed by atoms with Gasteiger partial charge in [0.1, 0.15) is 28.9 Å². The van der Waals surface area contributed by atoms with E-state index >= 15 is 0 Å². The normalized spacial score (nSPS) is 11.9. The molecule has 0 amide bonds. The van der Waals surface area contributed by atoms with Gasteiger partial charge in [-0.1, -0.05) is 91.0 Å². The van der Waals surface area contributed by atoms with Crippen LogP contribution < -0.4 is 0 Å². The fraction of sp³-hybridized carbons (Fsp3) is 0. The monoisotopic (exact) mass is 713 g/mol. The molecular formula is C50H27N5O. The maximum atomic E-state index is 11.2. The van der Waals surface area contributed by atoms with Crippen molar-refractivity contribution in [1.82, 2.24) is 13.7 Å². The first-order valence-electron chi connectivity index (χ1n) is 18.6. The van der Waals surface area contributed by atoms with E-state index in [0.717, 1.165) is 82.3 Å². The summed E-state index contributed by atoms with van der Waals surface area (Å²) >= 11 is 0. The van der Waals surface area contributed by atoms with Gasteiger partial charge in [0.15, 0.2) is 0 Å². The van der Waals surface area contributed by atoms with Gasteiger partial charge in [-0.3, -0.25) is 0 Å². The zero-order valence-corrected chi connectivity index (χ0v) is 29.7. The molecule has 0 N–H and O–H groups in total. The van der Waals surface area contributed by atoms with Gasteiger partial charge in [-0.15, -0.1) is 0 Å². The molecule has 0 spiro atoms. The Hall–Kier alpha value is -8.06. The fourth-order valence-corrected chi connectivity index (χ4v) is 9.24. The van der Waals surface area contributed by atoms with Crippen molar-refractivity contribution in [1.29, 1.82) is 10.5 Å². The first-order chi connectivity index (χ1) is 27.7. The molecule has 0 radical (unpaired) electrons. The zero-order chi connectivity index (χ0) is 37.1. The number of aromatic nitrogens is 3. The third kappa shape index (κ3) is 3.92. The summed E-state index contributed by atoms with van der Waals surface area (Å²) < 4.78 is 13.1. The largest absolute Gasteiger partial charge is 0.455 e. The summed E-state index contributed by atoms with van der Waals surface area (Å²) in [5, 5.41) is 30.5. The van der Waals surface area contributed by atoms with Crippen molar-refractivity contribution in [3.63, 3.8) is 0 Å². The Kier molecular flexibility index (Phi) is 6.10. The number of fused-ring (bicyclic) bond motifs is 13. The Labute approximate surface area is 319 Å². The predicted octanol–water partition coefficient (Wildman–Crippen LogP) is 12.6. The number of benzene rings is 8. The molecule has 0 unspecified atom stereocenters. The average Bonchev–Trinajstić information content (AvgIpc) is 3.99. The molecule has 0 saturated carbocycles. The van der Waals surface area contributed by atoms with Crippen LogP contribution in [0.25, 0.3) is 104 Å². The van der Waals surface area contributed by atoms with Crippen molar-refractivity contribution in [2.24, 2.45) is 0 Å². The number of hydrogen-bond acceptors (Lipinski definition) is 3. The molecule has 56 heavy (non-hydrogen) atoms. The molecule has 0 aliphatic carbocycles. The van der Waals surface area contributed by atoms with E-state index in [0.29, 0.717) is 22.5 Å². The predicted molar refractivity (Wildman–Crippen MR) is 226 cm³/mol. The topological polar surface area (TPSA) is 75.5 Å². The number of para-hydroxylation sites is 5. The van der Waals surface area contributed by atoms with E-state index in [1.54, 1.807) is 0 Å². The first-order valence-corrected chi connectivity index (χ1v) is 18.6. The number of rotatable bonds is 3. The van der Waals surface area contributed by atoms with Crippen molar-refractivity contribution in [2.75, 3.05) is 0 Å². The van der Waals surface area contributed by atoms with Crippen LogP contribution in [0.1, 0.15) is 11.1 Å². The van der Waals surface area contributed by atoms with Crippen molar-refractivity contribution in [2.45, 2.75) is 0 Å². The highest BCUT2D eigenvalue weighted by atomic mass is 16.3.